The molecule has 6 heteroatoms. The maximum absolute atomic E-state index is 13.3. The highest BCUT2D eigenvalue weighted by Gasteiger charge is 2.37. The summed E-state index contributed by atoms with van der Waals surface area (Å²) < 4.78 is 1.94. The fraction of sp³-hybridized carbons (Fsp3) is 0.500. The Morgan fingerprint density at radius 3 is 2.88 bits per heavy atom. The van der Waals surface area contributed by atoms with Crippen LogP contribution in [0.25, 0.3) is 0 Å². The third-order valence-electron chi connectivity index (χ3n) is 5.07. The second-order valence-electron chi connectivity index (χ2n) is 6.87. The van der Waals surface area contributed by atoms with Crippen molar-refractivity contribution in [3.63, 3.8) is 0 Å². The Kier molecular flexibility index (Phi) is 3.55. The molecule has 2 heterocycles. The third kappa shape index (κ3) is 2.46. The van der Waals surface area contributed by atoms with Gasteiger partial charge in [-0.2, -0.15) is 0 Å². The number of carbonyl (C=O) groups excluding carboxylic acids is 2. The molecular weight excluding hydrogens is 304 g/mol. The van der Waals surface area contributed by atoms with Gasteiger partial charge >= 0.3 is 0 Å². The zero-order valence-corrected chi connectivity index (χ0v) is 14.1. The number of aryl methyl sites for hydroxylation is 3. The van der Waals surface area contributed by atoms with E-state index in [9.17, 15) is 9.59 Å². The summed E-state index contributed by atoms with van der Waals surface area (Å²) in [7, 11) is 1.94. The van der Waals surface area contributed by atoms with Crippen LogP contribution in [0.4, 0.5) is 0 Å². The van der Waals surface area contributed by atoms with E-state index < -0.39 is 0 Å². The largest absolute Gasteiger partial charge is 0.361 e. The van der Waals surface area contributed by atoms with E-state index >= 15 is 0 Å². The molecule has 2 aliphatic carbocycles. The van der Waals surface area contributed by atoms with Crippen LogP contribution >= 0.6 is 0 Å². The number of nitrogens with one attached hydrogen (secondary N) is 1. The van der Waals surface area contributed by atoms with Gasteiger partial charge in [0.2, 0.25) is 0 Å². The summed E-state index contributed by atoms with van der Waals surface area (Å²) in [5.74, 6) is 0.922. The molecule has 2 aromatic rings. The standard InChI is InChI=1S/C18H22N4O2/c1-11-16(17-13(20-11)4-3-5-14(17)23)18(24)22(12-6-7-12)10-15-19-8-9-21(15)2/h8-9,12,20H,3-7,10H2,1-2H3. The Bertz CT molecular complexity index is 813. The topological polar surface area (TPSA) is 71.0 Å². The van der Waals surface area contributed by atoms with Gasteiger partial charge in [-0.3, -0.25) is 9.59 Å². The van der Waals surface area contributed by atoms with E-state index in [4.69, 9.17) is 0 Å². The average Bonchev–Trinajstić information content (AvgIpc) is 3.21. The van der Waals surface area contributed by atoms with Gasteiger partial charge in [-0.05, 0) is 32.6 Å². The molecule has 2 aromatic heterocycles. The molecule has 1 fully saturated rings. The average molecular weight is 326 g/mol. The minimum Gasteiger partial charge on any atom is -0.361 e. The van der Waals surface area contributed by atoms with Crippen LogP contribution in [0.1, 0.15) is 63.6 Å². The molecule has 0 radical (unpaired) electrons. The Morgan fingerprint density at radius 1 is 1.42 bits per heavy atom. The molecule has 0 atom stereocenters. The molecule has 0 aromatic carbocycles. The third-order valence-corrected chi connectivity index (χ3v) is 5.07. The number of aromatic nitrogens is 3. The van der Waals surface area contributed by atoms with Crippen molar-refractivity contribution < 1.29 is 9.59 Å². The lowest BCUT2D eigenvalue weighted by molar-refractivity contribution is 0.0718. The Balaban J connectivity index is 1.70. The van der Waals surface area contributed by atoms with Gasteiger partial charge in [-0.25, -0.2) is 4.98 Å². The Morgan fingerprint density at radius 2 is 2.21 bits per heavy atom. The lowest BCUT2D eigenvalue weighted by Gasteiger charge is -2.23. The van der Waals surface area contributed by atoms with Crippen molar-refractivity contribution in [1.29, 1.82) is 0 Å². The fourth-order valence-corrected chi connectivity index (χ4v) is 3.60. The number of ketones is 1. The summed E-state index contributed by atoms with van der Waals surface area (Å²) in [6, 6.07) is 0.262. The molecule has 126 valence electrons. The Hall–Kier alpha value is -2.37. The number of nitrogens with zero attached hydrogens (tertiary/aromatic N) is 3. The van der Waals surface area contributed by atoms with E-state index in [-0.39, 0.29) is 17.7 Å². The smallest absolute Gasteiger partial charge is 0.257 e. The quantitative estimate of drug-likeness (QED) is 0.938. The second kappa shape index (κ2) is 5.61. The number of H-pyrrole nitrogens is 1. The zero-order chi connectivity index (χ0) is 16.8. The molecule has 0 bridgehead atoms. The van der Waals surface area contributed by atoms with Crippen molar-refractivity contribution in [1.82, 2.24) is 19.4 Å². The summed E-state index contributed by atoms with van der Waals surface area (Å²) in [6.45, 7) is 2.38. The summed E-state index contributed by atoms with van der Waals surface area (Å²) in [4.78, 5) is 35.2. The number of hydrogen-bond acceptors (Lipinski definition) is 3. The van der Waals surface area contributed by atoms with E-state index in [0.717, 1.165) is 42.9 Å². The van der Waals surface area contributed by atoms with E-state index in [1.807, 2.05) is 29.6 Å². The summed E-state index contributed by atoms with van der Waals surface area (Å²) in [5, 5.41) is 0. The molecule has 1 N–H and O–H groups in total. The summed E-state index contributed by atoms with van der Waals surface area (Å²) in [6.07, 6.45) is 7.92. The maximum atomic E-state index is 13.3. The van der Waals surface area contributed by atoms with Crippen molar-refractivity contribution in [3.05, 3.63) is 40.7 Å². The maximum Gasteiger partial charge on any atom is 0.257 e. The second-order valence-corrected chi connectivity index (χ2v) is 6.87. The highest BCUT2D eigenvalue weighted by molar-refractivity contribution is 6.10. The molecule has 0 aliphatic heterocycles. The molecule has 24 heavy (non-hydrogen) atoms. The van der Waals surface area contributed by atoms with Crippen LogP contribution in [0, 0.1) is 6.92 Å². The number of imidazole rings is 1. The number of Topliss-reactive ketones (excluding diaryl/α,β-unsaturated/α-hetero) is 1. The molecule has 4 rings (SSSR count). The summed E-state index contributed by atoms with van der Waals surface area (Å²) in [5.41, 5.74) is 2.95. The van der Waals surface area contributed by atoms with E-state index in [1.165, 1.54) is 0 Å². The number of fused-ring (bicyclic) bond motifs is 1. The predicted molar refractivity (Wildman–Crippen MR) is 88.9 cm³/mol. The molecular formula is C18H22N4O2. The zero-order valence-electron chi connectivity index (χ0n) is 14.1. The van der Waals surface area contributed by atoms with Crippen LogP contribution in [0.15, 0.2) is 12.4 Å². The molecule has 2 aliphatic rings. The van der Waals surface area contributed by atoms with Gasteiger partial charge in [-0.15, -0.1) is 0 Å². The van der Waals surface area contributed by atoms with Gasteiger partial charge in [-0.1, -0.05) is 0 Å². The van der Waals surface area contributed by atoms with Crippen LogP contribution in [0.3, 0.4) is 0 Å². The van der Waals surface area contributed by atoms with Crippen molar-refractivity contribution in [3.8, 4) is 0 Å². The lowest BCUT2D eigenvalue weighted by atomic mass is 9.92. The molecule has 6 nitrogen and oxygen atoms in total. The van der Waals surface area contributed by atoms with Crippen LogP contribution < -0.4 is 0 Å². The highest BCUT2D eigenvalue weighted by Crippen LogP contribution is 2.33. The van der Waals surface area contributed by atoms with Gasteiger partial charge in [0, 0.05) is 43.3 Å². The van der Waals surface area contributed by atoms with Crippen molar-refractivity contribution >= 4 is 11.7 Å². The fourth-order valence-electron chi connectivity index (χ4n) is 3.60. The van der Waals surface area contributed by atoms with Gasteiger partial charge in [0.15, 0.2) is 5.78 Å². The molecule has 1 saturated carbocycles. The number of rotatable bonds is 4. The first-order valence-corrected chi connectivity index (χ1v) is 8.58. The molecule has 0 spiro atoms. The summed E-state index contributed by atoms with van der Waals surface area (Å²) >= 11 is 0. The number of carbonyl (C=O) groups is 2. The van der Waals surface area contributed by atoms with E-state index in [2.05, 4.69) is 9.97 Å². The van der Waals surface area contributed by atoms with E-state index in [1.54, 1.807) is 6.20 Å². The highest BCUT2D eigenvalue weighted by atomic mass is 16.2. The van der Waals surface area contributed by atoms with Crippen LogP contribution in [-0.4, -0.2) is 37.2 Å². The van der Waals surface area contributed by atoms with Crippen molar-refractivity contribution in [2.75, 3.05) is 0 Å². The molecule has 0 saturated heterocycles. The van der Waals surface area contributed by atoms with Gasteiger partial charge in [0.25, 0.3) is 5.91 Å². The first kappa shape index (κ1) is 15.2. The Labute approximate surface area is 140 Å². The van der Waals surface area contributed by atoms with Crippen LogP contribution in [0.5, 0.6) is 0 Å². The molecule has 1 amide bonds. The number of amides is 1. The minimum absolute atomic E-state index is 0.0363. The van der Waals surface area contributed by atoms with Gasteiger partial charge in [0.1, 0.15) is 5.82 Å². The first-order chi connectivity index (χ1) is 11.6. The SMILES string of the molecule is Cc1[nH]c2c(c1C(=O)N(Cc1nccn1C)C1CC1)C(=O)CCC2. The van der Waals surface area contributed by atoms with Crippen molar-refractivity contribution in [2.24, 2.45) is 7.05 Å². The van der Waals surface area contributed by atoms with Crippen LogP contribution in [-0.2, 0) is 20.0 Å². The first-order valence-electron chi connectivity index (χ1n) is 8.58. The predicted octanol–water partition coefficient (Wildman–Crippen LogP) is 2.38. The molecule has 0 unspecified atom stereocenters. The monoisotopic (exact) mass is 326 g/mol. The lowest BCUT2D eigenvalue weighted by Crippen LogP contribution is -2.34. The normalized spacial score (nSPS) is 17.0. The minimum atomic E-state index is -0.0363. The van der Waals surface area contributed by atoms with E-state index in [0.29, 0.717) is 24.1 Å². The van der Waals surface area contributed by atoms with Crippen molar-refractivity contribution in [2.45, 2.75) is 51.6 Å². The van der Waals surface area contributed by atoms with Gasteiger partial charge < -0.3 is 14.5 Å². The van der Waals surface area contributed by atoms with Gasteiger partial charge in [0.05, 0.1) is 17.7 Å². The van der Waals surface area contributed by atoms with Crippen LogP contribution in [0.2, 0.25) is 0 Å². The number of aromatic amines is 1. The number of hydrogen-bond donors (Lipinski definition) is 1.